The minimum absolute atomic E-state index is 0.00274. The Labute approximate surface area is 113 Å². The largest absolute Gasteiger partial charge is 0.323 e. The van der Waals surface area contributed by atoms with Crippen LogP contribution in [0.2, 0.25) is 0 Å². The maximum atomic E-state index is 6.00. The summed E-state index contributed by atoms with van der Waals surface area (Å²) in [4.78, 5) is 0. The van der Waals surface area contributed by atoms with Crippen LogP contribution >= 0.6 is 27.3 Å². The molecule has 2 rings (SSSR count). The van der Waals surface area contributed by atoms with Crippen molar-refractivity contribution in [2.24, 2.45) is 5.73 Å². The molecule has 0 spiro atoms. The highest BCUT2D eigenvalue weighted by atomic mass is 79.9. The van der Waals surface area contributed by atoms with Gasteiger partial charge in [-0.25, -0.2) is 4.68 Å². The molecule has 4 nitrogen and oxygen atoms in total. The zero-order valence-electron chi connectivity index (χ0n) is 9.64. The van der Waals surface area contributed by atoms with Gasteiger partial charge in [-0.05, 0) is 39.4 Å². The minimum Gasteiger partial charge on any atom is -0.323 e. The first-order valence-corrected chi connectivity index (χ1v) is 7.25. The molecule has 2 aromatic rings. The molecule has 0 saturated heterocycles. The quantitative estimate of drug-likeness (QED) is 0.923. The number of rotatable bonds is 5. The molecule has 0 radical (unpaired) electrons. The molecule has 0 bridgehead atoms. The Balaban J connectivity index is 2.03. The van der Waals surface area contributed by atoms with Gasteiger partial charge < -0.3 is 5.73 Å². The van der Waals surface area contributed by atoms with Crippen LogP contribution in [0.1, 0.15) is 37.1 Å². The monoisotopic (exact) mass is 314 g/mol. The molecule has 0 aliphatic heterocycles. The third-order valence-corrected chi connectivity index (χ3v) is 4.06. The Bertz CT molecular complexity index is 479. The molecule has 0 amide bonds. The van der Waals surface area contributed by atoms with E-state index in [1.54, 1.807) is 11.3 Å². The Morgan fingerprint density at radius 1 is 1.59 bits per heavy atom. The average Bonchev–Trinajstić information content (AvgIpc) is 2.89. The Hall–Kier alpha value is -0.720. The van der Waals surface area contributed by atoms with Gasteiger partial charge in [-0.1, -0.05) is 18.6 Å². The first-order chi connectivity index (χ1) is 8.19. The van der Waals surface area contributed by atoms with Gasteiger partial charge in [0.15, 0.2) is 0 Å². The molecule has 0 aliphatic rings. The molecule has 1 atom stereocenters. The summed E-state index contributed by atoms with van der Waals surface area (Å²) in [6, 6.07) is 2.10. The summed E-state index contributed by atoms with van der Waals surface area (Å²) in [7, 11) is 0. The van der Waals surface area contributed by atoms with Crippen molar-refractivity contribution < 1.29 is 0 Å². The summed E-state index contributed by atoms with van der Waals surface area (Å²) in [5.74, 6) is 0. The van der Waals surface area contributed by atoms with Crippen LogP contribution in [0.15, 0.2) is 21.4 Å². The third kappa shape index (κ3) is 3.37. The summed E-state index contributed by atoms with van der Waals surface area (Å²) in [5.41, 5.74) is 8.10. The fourth-order valence-electron chi connectivity index (χ4n) is 1.64. The van der Waals surface area contributed by atoms with Crippen LogP contribution in [0.3, 0.4) is 0 Å². The van der Waals surface area contributed by atoms with Crippen molar-refractivity contribution in [1.82, 2.24) is 15.0 Å². The third-order valence-electron chi connectivity index (χ3n) is 2.50. The first-order valence-electron chi connectivity index (χ1n) is 5.57. The normalized spacial score (nSPS) is 12.9. The van der Waals surface area contributed by atoms with E-state index in [1.165, 1.54) is 5.56 Å². The molecular weight excluding hydrogens is 300 g/mol. The number of nitrogens with two attached hydrogens (primary N) is 1. The van der Waals surface area contributed by atoms with Gasteiger partial charge in [-0.2, -0.15) is 0 Å². The second kappa shape index (κ2) is 5.75. The van der Waals surface area contributed by atoms with E-state index in [9.17, 15) is 0 Å². The second-order valence-electron chi connectivity index (χ2n) is 4.00. The van der Waals surface area contributed by atoms with Gasteiger partial charge in [0, 0.05) is 0 Å². The molecule has 2 aromatic heterocycles. The molecule has 0 saturated carbocycles. The number of thiophene rings is 1. The molecule has 0 aliphatic carbocycles. The highest BCUT2D eigenvalue weighted by Crippen LogP contribution is 2.21. The van der Waals surface area contributed by atoms with Crippen LogP contribution in [0, 0.1) is 0 Å². The molecule has 6 heteroatoms. The topological polar surface area (TPSA) is 56.7 Å². The van der Waals surface area contributed by atoms with E-state index in [0.717, 1.165) is 28.9 Å². The Morgan fingerprint density at radius 2 is 2.41 bits per heavy atom. The standard InChI is InChI=1S/C11H15BrN4S/c1-2-3-9(13)10-6-16(15-14-10)5-8-4-11(12)17-7-8/h4,6-7,9H,2-3,5,13H2,1H3. The molecular formula is C11H15BrN4S. The van der Waals surface area contributed by atoms with Gasteiger partial charge in [-0.3, -0.25) is 0 Å². The predicted octanol–water partition coefficient (Wildman–Crippen LogP) is 2.95. The lowest BCUT2D eigenvalue weighted by molar-refractivity contribution is 0.617. The van der Waals surface area contributed by atoms with E-state index in [0.29, 0.717) is 0 Å². The number of aromatic nitrogens is 3. The van der Waals surface area contributed by atoms with Crippen molar-refractivity contribution in [1.29, 1.82) is 0 Å². The molecule has 2 N–H and O–H groups in total. The van der Waals surface area contributed by atoms with Gasteiger partial charge >= 0.3 is 0 Å². The van der Waals surface area contributed by atoms with Crippen LogP contribution in [0.5, 0.6) is 0 Å². The summed E-state index contributed by atoms with van der Waals surface area (Å²) in [6.07, 6.45) is 3.94. The van der Waals surface area contributed by atoms with E-state index in [1.807, 2.05) is 10.9 Å². The minimum atomic E-state index is 0.00274. The molecule has 0 fully saturated rings. The summed E-state index contributed by atoms with van der Waals surface area (Å²) >= 11 is 5.12. The molecule has 17 heavy (non-hydrogen) atoms. The smallest absolute Gasteiger partial charge is 0.0994 e. The highest BCUT2D eigenvalue weighted by Gasteiger charge is 2.09. The van der Waals surface area contributed by atoms with Crippen molar-refractivity contribution in [3.63, 3.8) is 0 Å². The Morgan fingerprint density at radius 3 is 3.06 bits per heavy atom. The molecule has 2 heterocycles. The lowest BCUT2D eigenvalue weighted by Crippen LogP contribution is -2.10. The van der Waals surface area contributed by atoms with E-state index < -0.39 is 0 Å². The summed E-state index contributed by atoms with van der Waals surface area (Å²) < 4.78 is 2.97. The van der Waals surface area contributed by atoms with Gasteiger partial charge in [0.05, 0.1) is 28.3 Å². The second-order valence-corrected chi connectivity index (χ2v) is 6.29. The SMILES string of the molecule is CCCC(N)c1cn(Cc2csc(Br)c2)nn1. The van der Waals surface area contributed by atoms with Gasteiger partial charge in [-0.15, -0.1) is 16.4 Å². The lowest BCUT2D eigenvalue weighted by Gasteiger charge is -2.04. The van der Waals surface area contributed by atoms with E-state index in [4.69, 9.17) is 5.73 Å². The highest BCUT2D eigenvalue weighted by molar-refractivity contribution is 9.11. The van der Waals surface area contributed by atoms with Crippen LogP contribution in [0.4, 0.5) is 0 Å². The summed E-state index contributed by atoms with van der Waals surface area (Å²) in [6.45, 7) is 2.86. The Kier molecular flexibility index (Phi) is 4.31. The van der Waals surface area contributed by atoms with E-state index in [-0.39, 0.29) is 6.04 Å². The van der Waals surface area contributed by atoms with Crippen LogP contribution < -0.4 is 5.73 Å². The van der Waals surface area contributed by atoms with Crippen molar-refractivity contribution in [3.05, 3.63) is 32.7 Å². The van der Waals surface area contributed by atoms with Crippen molar-refractivity contribution in [2.45, 2.75) is 32.4 Å². The first kappa shape index (κ1) is 12.7. The number of hydrogen-bond acceptors (Lipinski definition) is 4. The lowest BCUT2D eigenvalue weighted by atomic mass is 10.1. The van der Waals surface area contributed by atoms with Gasteiger partial charge in [0.25, 0.3) is 0 Å². The van der Waals surface area contributed by atoms with Crippen molar-refractivity contribution in [3.8, 4) is 0 Å². The van der Waals surface area contributed by atoms with E-state index in [2.05, 4.69) is 44.6 Å². The zero-order valence-corrected chi connectivity index (χ0v) is 12.0. The fraction of sp³-hybridized carbons (Fsp3) is 0.455. The van der Waals surface area contributed by atoms with Gasteiger partial charge in [0.1, 0.15) is 0 Å². The number of hydrogen-bond donors (Lipinski definition) is 1. The maximum Gasteiger partial charge on any atom is 0.0994 e. The predicted molar refractivity (Wildman–Crippen MR) is 73.0 cm³/mol. The van der Waals surface area contributed by atoms with Crippen molar-refractivity contribution in [2.75, 3.05) is 0 Å². The number of nitrogens with zero attached hydrogens (tertiary/aromatic N) is 3. The van der Waals surface area contributed by atoms with Gasteiger partial charge in [0.2, 0.25) is 0 Å². The van der Waals surface area contributed by atoms with Crippen LogP contribution in [-0.2, 0) is 6.54 Å². The zero-order chi connectivity index (χ0) is 12.3. The van der Waals surface area contributed by atoms with Crippen LogP contribution in [-0.4, -0.2) is 15.0 Å². The van der Waals surface area contributed by atoms with E-state index >= 15 is 0 Å². The molecule has 0 aromatic carbocycles. The fourth-order valence-corrected chi connectivity index (χ4v) is 2.84. The van der Waals surface area contributed by atoms with Crippen LogP contribution in [0.25, 0.3) is 0 Å². The molecule has 1 unspecified atom stereocenters. The maximum absolute atomic E-state index is 6.00. The van der Waals surface area contributed by atoms with Crippen molar-refractivity contribution >= 4 is 27.3 Å². The summed E-state index contributed by atoms with van der Waals surface area (Å²) in [5, 5.41) is 10.3. The molecule has 92 valence electrons. The number of halogens is 1. The average molecular weight is 315 g/mol.